The fraction of sp³-hybridized carbons (Fsp3) is 0.238. The minimum absolute atomic E-state index is 0.277. The number of nitrogens with one attached hydrogen (secondary N) is 1. The van der Waals surface area contributed by atoms with Crippen LogP contribution in [0.25, 0.3) is 6.08 Å². The normalized spacial score (nSPS) is 13.4. The molecule has 2 aromatic rings. The van der Waals surface area contributed by atoms with E-state index in [0.29, 0.717) is 36.5 Å². The number of rotatable bonds is 6. The Balaban J connectivity index is 1.67. The van der Waals surface area contributed by atoms with Crippen molar-refractivity contribution in [3.8, 4) is 0 Å². The first-order valence-electron chi connectivity index (χ1n) is 9.15. The van der Waals surface area contributed by atoms with Crippen LogP contribution in [-0.2, 0) is 26.0 Å². The summed E-state index contributed by atoms with van der Waals surface area (Å²) in [5, 5.41) is 2.82. The van der Waals surface area contributed by atoms with Gasteiger partial charge < -0.3 is 10.1 Å². The number of carbonyl (C=O) groups excluding carboxylic acids is 2. The number of hydrogen-bond donors (Lipinski definition) is 1. The van der Waals surface area contributed by atoms with Crippen LogP contribution in [0.15, 0.2) is 48.5 Å². The number of nitrogens with zero attached hydrogens (tertiary/aromatic N) is 1. The van der Waals surface area contributed by atoms with Crippen molar-refractivity contribution in [3.05, 3.63) is 65.2 Å². The maximum atomic E-state index is 12.5. The largest absolute Gasteiger partial charge is 0.463 e. The van der Waals surface area contributed by atoms with Crippen LogP contribution < -0.4 is 9.62 Å². The highest BCUT2D eigenvalue weighted by molar-refractivity contribution is 7.92. The number of benzene rings is 2. The van der Waals surface area contributed by atoms with Gasteiger partial charge in [0.1, 0.15) is 0 Å². The molecule has 8 heteroatoms. The predicted molar refractivity (Wildman–Crippen MR) is 112 cm³/mol. The first-order valence-corrected chi connectivity index (χ1v) is 11.0. The van der Waals surface area contributed by atoms with Gasteiger partial charge in [-0.1, -0.05) is 12.1 Å². The van der Waals surface area contributed by atoms with Crippen molar-refractivity contribution in [2.75, 3.05) is 29.0 Å². The Bertz CT molecular complexity index is 1060. The van der Waals surface area contributed by atoms with E-state index < -0.39 is 16.0 Å². The molecule has 1 amide bonds. The first-order chi connectivity index (χ1) is 13.8. The lowest BCUT2D eigenvalue weighted by molar-refractivity contribution is -0.137. The van der Waals surface area contributed by atoms with Crippen LogP contribution in [0.3, 0.4) is 0 Å². The highest BCUT2D eigenvalue weighted by Crippen LogP contribution is 2.30. The van der Waals surface area contributed by atoms with Crippen LogP contribution in [0, 0.1) is 0 Å². The van der Waals surface area contributed by atoms with Crippen LogP contribution in [0.5, 0.6) is 0 Å². The molecule has 0 aromatic heterocycles. The second kappa shape index (κ2) is 8.48. The summed E-state index contributed by atoms with van der Waals surface area (Å²) in [6, 6.07) is 12.0. The summed E-state index contributed by atoms with van der Waals surface area (Å²) in [6.07, 6.45) is 4.73. The molecular weight excluding hydrogens is 392 g/mol. The summed E-state index contributed by atoms with van der Waals surface area (Å²) in [7, 11) is -3.32. The second-order valence-electron chi connectivity index (χ2n) is 6.59. The van der Waals surface area contributed by atoms with Crippen LogP contribution in [0.1, 0.15) is 28.4 Å². The molecule has 1 aliphatic rings. The van der Waals surface area contributed by atoms with Gasteiger partial charge in [-0.25, -0.2) is 13.2 Å². The minimum atomic E-state index is -3.32. The van der Waals surface area contributed by atoms with Crippen molar-refractivity contribution in [3.63, 3.8) is 0 Å². The van der Waals surface area contributed by atoms with Gasteiger partial charge in [0.2, 0.25) is 10.0 Å². The van der Waals surface area contributed by atoms with Gasteiger partial charge in [0.25, 0.3) is 5.91 Å². The number of ether oxygens (including phenoxy) is 1. The molecule has 0 fully saturated rings. The van der Waals surface area contributed by atoms with Gasteiger partial charge in [-0.2, -0.15) is 0 Å². The zero-order valence-corrected chi connectivity index (χ0v) is 17.0. The second-order valence-corrected chi connectivity index (χ2v) is 8.50. The molecule has 0 spiro atoms. The van der Waals surface area contributed by atoms with Crippen molar-refractivity contribution in [2.45, 2.75) is 13.3 Å². The molecule has 1 heterocycles. The molecule has 0 aliphatic carbocycles. The van der Waals surface area contributed by atoms with E-state index in [9.17, 15) is 18.0 Å². The van der Waals surface area contributed by atoms with E-state index in [0.717, 1.165) is 11.1 Å². The molecule has 29 heavy (non-hydrogen) atoms. The fourth-order valence-electron chi connectivity index (χ4n) is 3.09. The third-order valence-corrected chi connectivity index (χ3v) is 5.64. The lowest BCUT2D eigenvalue weighted by atomic mass is 10.1. The van der Waals surface area contributed by atoms with E-state index in [2.05, 4.69) is 5.32 Å². The van der Waals surface area contributed by atoms with Crippen LogP contribution in [0.4, 0.5) is 11.4 Å². The Kier molecular flexibility index (Phi) is 6.03. The van der Waals surface area contributed by atoms with Crippen molar-refractivity contribution in [1.29, 1.82) is 0 Å². The van der Waals surface area contributed by atoms with Gasteiger partial charge >= 0.3 is 5.97 Å². The van der Waals surface area contributed by atoms with Crippen LogP contribution in [-0.4, -0.2) is 39.7 Å². The summed E-state index contributed by atoms with van der Waals surface area (Å²) in [6.45, 7) is 2.45. The number of hydrogen-bond acceptors (Lipinski definition) is 5. The third-order valence-electron chi connectivity index (χ3n) is 4.46. The molecule has 0 saturated heterocycles. The predicted octanol–water partition coefficient (Wildman–Crippen LogP) is 2.84. The molecule has 3 rings (SSSR count). The topological polar surface area (TPSA) is 92.8 Å². The fourth-order valence-corrected chi connectivity index (χ4v) is 4.05. The zero-order valence-electron chi connectivity index (χ0n) is 16.2. The zero-order chi connectivity index (χ0) is 21.0. The van der Waals surface area contributed by atoms with Gasteiger partial charge in [-0.05, 0) is 60.9 Å². The van der Waals surface area contributed by atoms with Crippen molar-refractivity contribution >= 4 is 39.4 Å². The number of sulfonamides is 1. The molecule has 1 N–H and O–H groups in total. The van der Waals surface area contributed by atoms with Crippen LogP contribution >= 0.6 is 0 Å². The van der Waals surface area contributed by atoms with Gasteiger partial charge in [0.05, 0.1) is 18.6 Å². The quantitative estimate of drug-likeness (QED) is 0.580. The van der Waals surface area contributed by atoms with Gasteiger partial charge in [-0.15, -0.1) is 0 Å². The first kappa shape index (κ1) is 20.6. The van der Waals surface area contributed by atoms with E-state index in [1.807, 2.05) is 0 Å². The standard InChI is InChI=1S/C21H22N2O5S/c1-3-28-20(24)11-6-15-4-8-18(9-5-15)22-21(25)17-7-10-19-16(14-17)12-13-23(19)29(2,26)27/h4-11,14H,3,12-13H2,1-2H3,(H,22,25)/b11-6+. The summed E-state index contributed by atoms with van der Waals surface area (Å²) in [5.74, 6) is -0.684. The summed E-state index contributed by atoms with van der Waals surface area (Å²) < 4.78 is 29.8. The SMILES string of the molecule is CCOC(=O)/C=C/c1ccc(NC(=O)c2ccc3c(c2)CCN3S(C)(=O)=O)cc1. The molecule has 152 valence electrons. The van der Waals surface area contributed by atoms with E-state index >= 15 is 0 Å². The van der Waals surface area contributed by atoms with Crippen molar-refractivity contribution < 1.29 is 22.7 Å². The van der Waals surface area contributed by atoms with Crippen molar-refractivity contribution in [2.24, 2.45) is 0 Å². The molecule has 0 radical (unpaired) electrons. The lowest BCUT2D eigenvalue weighted by Crippen LogP contribution is -2.27. The lowest BCUT2D eigenvalue weighted by Gasteiger charge is -2.16. The molecule has 1 aliphatic heterocycles. The number of fused-ring (bicyclic) bond motifs is 1. The number of carbonyl (C=O) groups is 2. The Morgan fingerprint density at radius 3 is 2.55 bits per heavy atom. The van der Waals surface area contributed by atoms with E-state index in [4.69, 9.17) is 4.74 Å². The number of esters is 1. The average molecular weight is 414 g/mol. The molecule has 0 bridgehead atoms. The van der Waals surface area contributed by atoms with Crippen molar-refractivity contribution in [1.82, 2.24) is 0 Å². The van der Waals surface area contributed by atoms with E-state index in [1.165, 1.54) is 16.6 Å². The number of amides is 1. The summed E-state index contributed by atoms with van der Waals surface area (Å²) in [5.41, 5.74) is 3.34. The summed E-state index contributed by atoms with van der Waals surface area (Å²) in [4.78, 5) is 23.9. The molecule has 0 unspecified atom stereocenters. The molecule has 0 atom stereocenters. The number of anilines is 2. The highest BCUT2D eigenvalue weighted by Gasteiger charge is 2.26. The minimum Gasteiger partial charge on any atom is -0.463 e. The highest BCUT2D eigenvalue weighted by atomic mass is 32.2. The molecule has 2 aromatic carbocycles. The molecule has 7 nitrogen and oxygen atoms in total. The van der Waals surface area contributed by atoms with Gasteiger partial charge in [-0.3, -0.25) is 9.10 Å². The summed E-state index contributed by atoms with van der Waals surface area (Å²) >= 11 is 0. The Morgan fingerprint density at radius 1 is 1.17 bits per heavy atom. The van der Waals surface area contributed by atoms with Gasteiger partial charge in [0.15, 0.2) is 0 Å². The molecular formula is C21H22N2O5S. The van der Waals surface area contributed by atoms with E-state index in [-0.39, 0.29) is 5.91 Å². The monoisotopic (exact) mass is 414 g/mol. The Labute approximate surface area is 170 Å². The third kappa shape index (κ3) is 5.03. The maximum Gasteiger partial charge on any atom is 0.330 e. The Morgan fingerprint density at radius 2 is 1.90 bits per heavy atom. The smallest absolute Gasteiger partial charge is 0.330 e. The maximum absolute atomic E-state index is 12.5. The average Bonchev–Trinajstić information content (AvgIpc) is 3.11. The molecule has 0 saturated carbocycles. The van der Waals surface area contributed by atoms with E-state index in [1.54, 1.807) is 55.5 Å². The van der Waals surface area contributed by atoms with Crippen LogP contribution in [0.2, 0.25) is 0 Å². The Hall–Kier alpha value is -3.13. The van der Waals surface area contributed by atoms with Gasteiger partial charge in [0, 0.05) is 23.9 Å².